The van der Waals surface area contributed by atoms with Gasteiger partial charge in [0.05, 0.1) is 6.17 Å². The molecule has 2 heteroatoms. The van der Waals surface area contributed by atoms with Crippen LogP contribution in [0.1, 0.15) is 13.3 Å². The molecule has 0 aromatic heterocycles. The van der Waals surface area contributed by atoms with E-state index in [-0.39, 0.29) is 6.17 Å². The lowest BCUT2D eigenvalue weighted by atomic mass is 10.2. The molecule has 0 amide bonds. The fourth-order valence-electron chi connectivity index (χ4n) is 1.86. The van der Waals surface area contributed by atoms with Crippen molar-refractivity contribution in [1.29, 1.82) is 0 Å². The number of rotatable bonds is 6. The molecule has 0 aliphatic carbocycles. The third kappa shape index (κ3) is 3.81. The van der Waals surface area contributed by atoms with E-state index in [1.54, 1.807) is 0 Å². The van der Waals surface area contributed by atoms with Gasteiger partial charge < -0.3 is 10.6 Å². The van der Waals surface area contributed by atoms with Crippen LogP contribution in [0.4, 0.5) is 11.4 Å². The summed E-state index contributed by atoms with van der Waals surface area (Å²) in [5, 5.41) is 6.97. The average molecular weight is 239 g/mol. The Hall–Kier alpha value is -1.96. The van der Waals surface area contributed by atoms with Gasteiger partial charge in [-0.25, -0.2) is 0 Å². The quantitative estimate of drug-likeness (QED) is 0.740. The largest absolute Gasteiger partial charge is 0.365 e. The summed E-state index contributed by atoms with van der Waals surface area (Å²) < 4.78 is 0. The fourth-order valence-corrected chi connectivity index (χ4v) is 1.86. The van der Waals surface area contributed by atoms with Gasteiger partial charge in [-0.1, -0.05) is 43.3 Å². The number of hydrogen-bond acceptors (Lipinski definition) is 2. The van der Waals surface area contributed by atoms with Crippen LogP contribution in [-0.4, -0.2) is 6.17 Å². The van der Waals surface area contributed by atoms with Gasteiger partial charge in [-0.2, -0.15) is 0 Å². The molecule has 0 atom stereocenters. The predicted molar refractivity (Wildman–Crippen MR) is 78.5 cm³/mol. The summed E-state index contributed by atoms with van der Waals surface area (Å²) in [5.74, 6) is 0. The number of anilines is 2. The van der Waals surface area contributed by atoms with Gasteiger partial charge >= 0.3 is 0 Å². The number of benzene rings is 2. The Balaban J connectivity index is 2.00. The fraction of sp³-hybridized carbons (Fsp3) is 0.188. The molecule has 0 aliphatic rings. The van der Waals surface area contributed by atoms with Gasteiger partial charge in [0.15, 0.2) is 0 Å². The highest BCUT2D eigenvalue weighted by Crippen LogP contribution is 2.13. The molecule has 0 heterocycles. The van der Waals surface area contributed by atoms with E-state index in [0.717, 1.165) is 17.8 Å². The van der Waals surface area contributed by atoms with E-state index in [2.05, 4.69) is 48.2 Å². The topological polar surface area (TPSA) is 24.1 Å². The second-order valence-corrected chi connectivity index (χ2v) is 4.22. The Morgan fingerprint density at radius 2 is 1.28 bits per heavy atom. The standard InChI is InChI=1S/C16H19N2/c1-2-9-16(17-14-10-5-3-6-11-14)18-15-12-7-4-8-13-15/h2-8,10-13,16-18H,9H2,1H3. The summed E-state index contributed by atoms with van der Waals surface area (Å²) in [6.07, 6.45) is 3.33. The molecule has 0 unspecified atom stereocenters. The van der Waals surface area contributed by atoms with Crippen LogP contribution in [0.15, 0.2) is 60.7 Å². The zero-order valence-corrected chi connectivity index (χ0v) is 10.6. The zero-order valence-electron chi connectivity index (χ0n) is 10.6. The number of nitrogens with one attached hydrogen (secondary N) is 2. The van der Waals surface area contributed by atoms with E-state index >= 15 is 0 Å². The predicted octanol–water partition coefficient (Wildman–Crippen LogP) is 4.15. The molecule has 0 saturated carbocycles. The minimum atomic E-state index is 0.208. The molecular formula is C16H19N2. The molecule has 0 saturated heterocycles. The average Bonchev–Trinajstić information content (AvgIpc) is 2.41. The van der Waals surface area contributed by atoms with Gasteiger partial charge in [0.2, 0.25) is 0 Å². The molecule has 2 nitrogen and oxygen atoms in total. The first-order valence-electron chi connectivity index (χ1n) is 6.29. The normalized spacial score (nSPS) is 10.3. The second-order valence-electron chi connectivity index (χ2n) is 4.22. The SMILES string of the molecule is C[CH]CC(Nc1ccccc1)Nc1ccccc1. The Morgan fingerprint density at radius 3 is 1.67 bits per heavy atom. The number of para-hydroxylation sites is 2. The van der Waals surface area contributed by atoms with Crippen molar-refractivity contribution in [2.75, 3.05) is 10.6 Å². The summed E-state index contributed by atoms with van der Waals surface area (Å²) in [6.45, 7) is 2.08. The molecular weight excluding hydrogens is 220 g/mol. The Kier molecular flexibility index (Phi) is 4.65. The van der Waals surface area contributed by atoms with Gasteiger partial charge in [0.1, 0.15) is 0 Å². The second kappa shape index (κ2) is 6.70. The monoisotopic (exact) mass is 239 g/mol. The minimum Gasteiger partial charge on any atom is -0.365 e. The van der Waals surface area contributed by atoms with Crippen molar-refractivity contribution in [1.82, 2.24) is 0 Å². The van der Waals surface area contributed by atoms with Gasteiger partial charge in [-0.05, 0) is 37.1 Å². The van der Waals surface area contributed by atoms with Gasteiger partial charge in [0, 0.05) is 11.4 Å². The molecule has 93 valence electrons. The van der Waals surface area contributed by atoms with Crippen molar-refractivity contribution >= 4 is 11.4 Å². The highest BCUT2D eigenvalue weighted by molar-refractivity contribution is 5.49. The van der Waals surface area contributed by atoms with Crippen LogP contribution in [0.2, 0.25) is 0 Å². The number of hydrogen-bond donors (Lipinski definition) is 2. The van der Waals surface area contributed by atoms with Crippen LogP contribution in [0, 0.1) is 6.42 Å². The lowest BCUT2D eigenvalue weighted by molar-refractivity contribution is 0.792. The van der Waals surface area contributed by atoms with Crippen LogP contribution in [0.3, 0.4) is 0 Å². The Labute approximate surface area is 109 Å². The molecule has 1 radical (unpaired) electrons. The molecule has 2 aromatic rings. The van der Waals surface area contributed by atoms with E-state index in [9.17, 15) is 0 Å². The van der Waals surface area contributed by atoms with E-state index in [1.807, 2.05) is 36.4 Å². The lowest BCUT2D eigenvalue weighted by Gasteiger charge is -2.22. The maximum Gasteiger partial charge on any atom is 0.0966 e. The minimum absolute atomic E-state index is 0.208. The molecule has 0 fully saturated rings. The highest BCUT2D eigenvalue weighted by Gasteiger charge is 2.06. The zero-order chi connectivity index (χ0) is 12.6. The first-order valence-corrected chi connectivity index (χ1v) is 6.29. The van der Waals surface area contributed by atoms with E-state index in [0.29, 0.717) is 0 Å². The van der Waals surface area contributed by atoms with Crippen molar-refractivity contribution in [3.8, 4) is 0 Å². The van der Waals surface area contributed by atoms with Crippen LogP contribution < -0.4 is 10.6 Å². The van der Waals surface area contributed by atoms with Crippen molar-refractivity contribution in [2.24, 2.45) is 0 Å². The molecule has 18 heavy (non-hydrogen) atoms. The smallest absolute Gasteiger partial charge is 0.0966 e. The summed E-state index contributed by atoms with van der Waals surface area (Å²) in [7, 11) is 0. The van der Waals surface area contributed by atoms with Crippen LogP contribution >= 0.6 is 0 Å². The van der Waals surface area contributed by atoms with Crippen molar-refractivity contribution < 1.29 is 0 Å². The van der Waals surface area contributed by atoms with Crippen molar-refractivity contribution in [2.45, 2.75) is 19.5 Å². The third-order valence-electron chi connectivity index (χ3n) is 2.70. The molecule has 2 aromatic carbocycles. The Bertz CT molecular complexity index is 398. The molecule has 0 bridgehead atoms. The van der Waals surface area contributed by atoms with Crippen LogP contribution in [0.25, 0.3) is 0 Å². The first kappa shape index (κ1) is 12.5. The third-order valence-corrected chi connectivity index (χ3v) is 2.70. The summed E-state index contributed by atoms with van der Waals surface area (Å²) in [6, 6.07) is 20.5. The van der Waals surface area contributed by atoms with Crippen LogP contribution in [0.5, 0.6) is 0 Å². The molecule has 2 rings (SSSR count). The van der Waals surface area contributed by atoms with Crippen molar-refractivity contribution in [3.05, 3.63) is 67.1 Å². The van der Waals surface area contributed by atoms with Gasteiger partial charge in [-0.3, -0.25) is 0 Å². The van der Waals surface area contributed by atoms with Gasteiger partial charge in [0.25, 0.3) is 0 Å². The van der Waals surface area contributed by atoms with Crippen molar-refractivity contribution in [3.63, 3.8) is 0 Å². The summed E-state index contributed by atoms with van der Waals surface area (Å²) in [5.41, 5.74) is 2.26. The van der Waals surface area contributed by atoms with E-state index in [1.165, 1.54) is 0 Å². The van der Waals surface area contributed by atoms with E-state index in [4.69, 9.17) is 0 Å². The maximum atomic E-state index is 3.49. The first-order chi connectivity index (χ1) is 8.88. The molecule has 0 spiro atoms. The van der Waals surface area contributed by atoms with E-state index < -0.39 is 0 Å². The summed E-state index contributed by atoms with van der Waals surface area (Å²) in [4.78, 5) is 0. The summed E-state index contributed by atoms with van der Waals surface area (Å²) >= 11 is 0. The van der Waals surface area contributed by atoms with Gasteiger partial charge in [-0.15, -0.1) is 0 Å². The molecule has 2 N–H and O–H groups in total. The lowest BCUT2D eigenvalue weighted by Crippen LogP contribution is -2.28. The maximum absolute atomic E-state index is 3.49. The Morgan fingerprint density at radius 1 is 0.833 bits per heavy atom. The van der Waals surface area contributed by atoms with Crippen LogP contribution in [-0.2, 0) is 0 Å². The highest BCUT2D eigenvalue weighted by atomic mass is 15.1. The molecule has 0 aliphatic heterocycles.